The van der Waals surface area contributed by atoms with Crippen LogP contribution >= 0.6 is 0 Å². The lowest BCUT2D eigenvalue weighted by atomic mass is 10.1. The van der Waals surface area contributed by atoms with Gasteiger partial charge in [-0.3, -0.25) is 4.79 Å². The standard InChI is InChI=1S/C13H16N2O/c16-13-10-11-6-2-3-7-12(11)15(13)14-8-4-1-5-9-14/h2-3,6-7H,1,4-5,8-10H2. The summed E-state index contributed by atoms with van der Waals surface area (Å²) < 4.78 is 0. The van der Waals surface area contributed by atoms with Crippen molar-refractivity contribution in [2.75, 3.05) is 18.1 Å². The molecule has 16 heavy (non-hydrogen) atoms. The van der Waals surface area contributed by atoms with E-state index in [2.05, 4.69) is 17.1 Å². The molecule has 3 rings (SSSR count). The Hall–Kier alpha value is -1.35. The van der Waals surface area contributed by atoms with Crippen LogP contribution in [-0.2, 0) is 11.2 Å². The monoisotopic (exact) mass is 216 g/mol. The number of anilines is 1. The normalized spacial score (nSPS) is 21.2. The molecule has 0 N–H and O–H groups in total. The number of carbonyl (C=O) groups is 1. The fourth-order valence-corrected chi connectivity index (χ4v) is 2.63. The van der Waals surface area contributed by atoms with E-state index in [0.717, 1.165) is 24.3 Å². The maximum absolute atomic E-state index is 12.0. The third kappa shape index (κ3) is 1.52. The molecule has 2 aliphatic heterocycles. The fourth-order valence-electron chi connectivity index (χ4n) is 2.63. The maximum atomic E-state index is 12.0. The summed E-state index contributed by atoms with van der Waals surface area (Å²) >= 11 is 0. The summed E-state index contributed by atoms with van der Waals surface area (Å²) in [6, 6.07) is 8.12. The van der Waals surface area contributed by atoms with Gasteiger partial charge in [-0.15, -0.1) is 0 Å². The number of piperidine rings is 1. The van der Waals surface area contributed by atoms with Crippen molar-refractivity contribution in [3.63, 3.8) is 0 Å². The molecule has 0 radical (unpaired) electrons. The third-order valence-electron chi connectivity index (χ3n) is 3.41. The Kier molecular flexibility index (Phi) is 2.40. The minimum absolute atomic E-state index is 0.225. The summed E-state index contributed by atoms with van der Waals surface area (Å²) in [7, 11) is 0. The van der Waals surface area contributed by atoms with Gasteiger partial charge in [0, 0.05) is 13.1 Å². The Morgan fingerprint density at radius 1 is 1.00 bits per heavy atom. The van der Waals surface area contributed by atoms with E-state index in [1.807, 2.05) is 17.1 Å². The van der Waals surface area contributed by atoms with Gasteiger partial charge in [-0.2, -0.15) is 0 Å². The van der Waals surface area contributed by atoms with Crippen LogP contribution in [0.25, 0.3) is 0 Å². The van der Waals surface area contributed by atoms with E-state index < -0.39 is 0 Å². The first-order chi connectivity index (χ1) is 7.86. The lowest BCUT2D eigenvalue weighted by molar-refractivity contribution is -0.120. The van der Waals surface area contributed by atoms with Crippen LogP contribution in [0.2, 0.25) is 0 Å². The number of nitrogens with zero attached hydrogens (tertiary/aromatic N) is 2. The molecule has 0 saturated carbocycles. The van der Waals surface area contributed by atoms with Gasteiger partial charge in [-0.25, -0.2) is 10.0 Å². The highest BCUT2D eigenvalue weighted by Crippen LogP contribution is 2.30. The number of benzene rings is 1. The molecule has 1 aromatic rings. The second kappa shape index (κ2) is 3.91. The lowest BCUT2D eigenvalue weighted by Gasteiger charge is -2.34. The smallest absolute Gasteiger partial charge is 0.246 e. The topological polar surface area (TPSA) is 23.6 Å². The fraction of sp³-hybridized carbons (Fsp3) is 0.462. The van der Waals surface area contributed by atoms with Gasteiger partial charge in [0.05, 0.1) is 12.1 Å². The Balaban J connectivity index is 1.92. The van der Waals surface area contributed by atoms with E-state index in [0.29, 0.717) is 6.42 Å². The van der Waals surface area contributed by atoms with Crippen molar-refractivity contribution in [3.8, 4) is 0 Å². The SMILES string of the molecule is O=C1Cc2ccccc2N1N1CCCCC1. The number of fused-ring (bicyclic) bond motifs is 1. The van der Waals surface area contributed by atoms with Crippen LogP contribution in [-0.4, -0.2) is 24.0 Å². The molecule has 3 nitrogen and oxygen atoms in total. The first-order valence-corrected chi connectivity index (χ1v) is 6.02. The molecule has 0 spiro atoms. The second-order valence-corrected chi connectivity index (χ2v) is 4.53. The molecule has 0 aromatic heterocycles. The molecule has 0 bridgehead atoms. The van der Waals surface area contributed by atoms with E-state index in [4.69, 9.17) is 0 Å². The average Bonchev–Trinajstić information content (AvgIpc) is 2.66. The molecule has 3 heteroatoms. The number of para-hydroxylation sites is 1. The molecule has 1 fully saturated rings. The van der Waals surface area contributed by atoms with Crippen molar-refractivity contribution < 1.29 is 4.79 Å². The molecule has 1 amide bonds. The predicted octanol–water partition coefficient (Wildman–Crippen LogP) is 1.98. The van der Waals surface area contributed by atoms with Gasteiger partial charge in [-0.05, 0) is 24.5 Å². The zero-order valence-corrected chi connectivity index (χ0v) is 9.35. The number of amides is 1. The van der Waals surface area contributed by atoms with Crippen molar-refractivity contribution in [2.45, 2.75) is 25.7 Å². The summed E-state index contributed by atoms with van der Waals surface area (Å²) in [6.07, 6.45) is 4.25. The van der Waals surface area contributed by atoms with Crippen LogP contribution in [0.15, 0.2) is 24.3 Å². The van der Waals surface area contributed by atoms with Crippen molar-refractivity contribution in [1.82, 2.24) is 5.01 Å². The molecule has 84 valence electrons. The minimum Gasteiger partial charge on any atom is -0.273 e. The van der Waals surface area contributed by atoms with Crippen LogP contribution in [0.4, 0.5) is 5.69 Å². The number of hydrogen-bond acceptors (Lipinski definition) is 2. The van der Waals surface area contributed by atoms with Crippen LogP contribution in [0, 0.1) is 0 Å². The minimum atomic E-state index is 0.225. The zero-order chi connectivity index (χ0) is 11.0. The van der Waals surface area contributed by atoms with E-state index in [1.54, 1.807) is 0 Å². The van der Waals surface area contributed by atoms with Crippen LogP contribution in [0.1, 0.15) is 24.8 Å². The highest BCUT2D eigenvalue weighted by Gasteiger charge is 2.31. The summed E-state index contributed by atoms with van der Waals surface area (Å²) in [5.74, 6) is 0.225. The summed E-state index contributed by atoms with van der Waals surface area (Å²) in [4.78, 5) is 12.0. The van der Waals surface area contributed by atoms with E-state index in [1.165, 1.54) is 19.3 Å². The Bertz CT molecular complexity index is 410. The van der Waals surface area contributed by atoms with Crippen LogP contribution in [0.5, 0.6) is 0 Å². The molecule has 0 aliphatic carbocycles. The van der Waals surface area contributed by atoms with E-state index in [9.17, 15) is 4.79 Å². The van der Waals surface area contributed by atoms with Crippen LogP contribution < -0.4 is 5.01 Å². The van der Waals surface area contributed by atoms with Crippen molar-refractivity contribution >= 4 is 11.6 Å². The highest BCUT2D eigenvalue weighted by atomic mass is 16.2. The molecule has 1 saturated heterocycles. The molecule has 0 unspecified atom stereocenters. The molecular formula is C13H16N2O. The number of hydrazine groups is 1. The second-order valence-electron chi connectivity index (χ2n) is 4.53. The van der Waals surface area contributed by atoms with E-state index >= 15 is 0 Å². The molecule has 2 aliphatic rings. The first-order valence-electron chi connectivity index (χ1n) is 6.02. The van der Waals surface area contributed by atoms with Gasteiger partial charge in [-0.1, -0.05) is 24.6 Å². The predicted molar refractivity (Wildman–Crippen MR) is 63.1 cm³/mol. The molecular weight excluding hydrogens is 200 g/mol. The summed E-state index contributed by atoms with van der Waals surface area (Å²) in [5.41, 5.74) is 2.26. The third-order valence-corrected chi connectivity index (χ3v) is 3.41. The van der Waals surface area contributed by atoms with Crippen LogP contribution in [0.3, 0.4) is 0 Å². The number of rotatable bonds is 1. The Morgan fingerprint density at radius 2 is 1.75 bits per heavy atom. The van der Waals surface area contributed by atoms with Gasteiger partial charge < -0.3 is 0 Å². The Labute approximate surface area is 95.6 Å². The van der Waals surface area contributed by atoms with Gasteiger partial charge >= 0.3 is 0 Å². The summed E-state index contributed by atoms with van der Waals surface area (Å²) in [5, 5.41) is 4.10. The van der Waals surface area contributed by atoms with Crippen molar-refractivity contribution in [2.24, 2.45) is 0 Å². The van der Waals surface area contributed by atoms with Gasteiger partial charge in [0.15, 0.2) is 0 Å². The largest absolute Gasteiger partial charge is 0.273 e. The average molecular weight is 216 g/mol. The molecule has 2 heterocycles. The molecule has 0 atom stereocenters. The van der Waals surface area contributed by atoms with Gasteiger partial charge in [0.2, 0.25) is 5.91 Å². The first kappa shape index (κ1) is 9.85. The molecule has 1 aromatic carbocycles. The summed E-state index contributed by atoms with van der Waals surface area (Å²) in [6.45, 7) is 2.03. The zero-order valence-electron chi connectivity index (χ0n) is 9.35. The van der Waals surface area contributed by atoms with Gasteiger partial charge in [0.25, 0.3) is 0 Å². The number of hydrogen-bond donors (Lipinski definition) is 0. The Morgan fingerprint density at radius 3 is 2.56 bits per heavy atom. The van der Waals surface area contributed by atoms with Gasteiger partial charge in [0.1, 0.15) is 0 Å². The van der Waals surface area contributed by atoms with Crippen molar-refractivity contribution in [1.29, 1.82) is 0 Å². The highest BCUT2D eigenvalue weighted by molar-refractivity contribution is 6.00. The van der Waals surface area contributed by atoms with Crippen molar-refractivity contribution in [3.05, 3.63) is 29.8 Å². The lowest BCUT2D eigenvalue weighted by Crippen LogP contribution is -2.47. The maximum Gasteiger partial charge on any atom is 0.246 e. The number of carbonyl (C=O) groups excluding carboxylic acids is 1. The van der Waals surface area contributed by atoms with E-state index in [-0.39, 0.29) is 5.91 Å². The quantitative estimate of drug-likeness (QED) is 0.716.